The molecule has 0 aromatic heterocycles. The van der Waals surface area contributed by atoms with Gasteiger partial charge in [-0.3, -0.25) is 5.41 Å². The molecule has 8 heavy (non-hydrogen) atoms. The van der Waals surface area contributed by atoms with Gasteiger partial charge in [-0.2, -0.15) is 0 Å². The van der Waals surface area contributed by atoms with Crippen molar-refractivity contribution in [3.8, 4) is 0 Å². The van der Waals surface area contributed by atoms with Gasteiger partial charge in [0.25, 0.3) is 0 Å². The van der Waals surface area contributed by atoms with Gasteiger partial charge in [0, 0.05) is 13.2 Å². The highest BCUT2D eigenvalue weighted by Crippen LogP contribution is 1.64. The summed E-state index contributed by atoms with van der Waals surface area (Å²) in [6.45, 7) is 8.57. The van der Waals surface area contributed by atoms with Crippen molar-refractivity contribution in [3.63, 3.8) is 0 Å². The third-order valence-corrected chi connectivity index (χ3v) is 0.408. The fourth-order valence-electron chi connectivity index (χ4n) is 0.204. The fraction of sp³-hybridized carbons (Fsp3) is 0.667. The summed E-state index contributed by atoms with van der Waals surface area (Å²) in [5, 5.41) is 5.85. The van der Waals surface area contributed by atoms with Crippen LogP contribution in [0.1, 0.15) is 13.8 Å². The van der Waals surface area contributed by atoms with Crippen LogP contribution in [0, 0.1) is 5.41 Å². The minimum atomic E-state index is 0.844. The quantitative estimate of drug-likeness (QED) is 0.543. The van der Waals surface area contributed by atoms with E-state index in [1.807, 2.05) is 13.8 Å². The molecule has 0 radical (unpaired) electrons. The number of ether oxygens (including phenoxy) is 1. The lowest BCUT2D eigenvalue weighted by molar-refractivity contribution is 0.162. The van der Waals surface area contributed by atoms with E-state index in [0.717, 1.165) is 13.2 Å². The molecule has 1 N–H and O–H groups in total. The number of hydrogen-bond donors (Lipinski definition) is 1. The molecule has 0 atom stereocenters. The van der Waals surface area contributed by atoms with Crippen molar-refractivity contribution in [2.75, 3.05) is 13.2 Å². The van der Waals surface area contributed by atoms with Crippen LogP contribution in [0.5, 0.6) is 0 Å². The second-order valence-electron chi connectivity index (χ2n) is 0.958. The van der Waals surface area contributed by atoms with Crippen molar-refractivity contribution in [1.29, 1.82) is 5.41 Å². The predicted molar refractivity (Wildman–Crippen MR) is 35.5 cm³/mol. The first kappa shape index (κ1) is 10.4. The molecular formula is C6H13NO. The normalized spacial score (nSPS) is 6.25. The Hall–Kier alpha value is -0.590. The summed E-state index contributed by atoms with van der Waals surface area (Å²) in [5.74, 6) is 1.75. The zero-order chi connectivity index (χ0) is 6.83. The summed E-state index contributed by atoms with van der Waals surface area (Å²) in [6, 6.07) is 0. The number of rotatable bonds is 2. The van der Waals surface area contributed by atoms with Crippen molar-refractivity contribution in [1.82, 2.24) is 0 Å². The number of nitrogens with one attached hydrogen (secondary N) is 1. The first-order valence-electron chi connectivity index (χ1n) is 2.60. The van der Waals surface area contributed by atoms with E-state index in [-0.39, 0.29) is 0 Å². The lowest BCUT2D eigenvalue weighted by atomic mass is 10.8. The average molecular weight is 115 g/mol. The molecule has 0 unspecified atom stereocenters. The van der Waals surface area contributed by atoms with E-state index < -0.39 is 0 Å². The topological polar surface area (TPSA) is 33.1 Å². The van der Waals surface area contributed by atoms with Gasteiger partial charge in [0.15, 0.2) is 0 Å². The predicted octanol–water partition coefficient (Wildman–Crippen LogP) is 1.46. The van der Waals surface area contributed by atoms with Crippen LogP contribution in [0.25, 0.3) is 0 Å². The zero-order valence-electron chi connectivity index (χ0n) is 5.53. The Morgan fingerprint density at radius 2 is 1.75 bits per heavy atom. The lowest BCUT2D eigenvalue weighted by Gasteiger charge is -1.86. The third-order valence-electron chi connectivity index (χ3n) is 0.408. The molecule has 0 amide bonds. The van der Waals surface area contributed by atoms with E-state index in [1.165, 1.54) is 0 Å². The highest BCUT2D eigenvalue weighted by molar-refractivity contribution is 5.41. The molecule has 2 heteroatoms. The maximum atomic E-state index is 5.85. The van der Waals surface area contributed by atoms with Crippen LogP contribution in [0.2, 0.25) is 0 Å². The molecule has 0 heterocycles. The standard InChI is InChI=1S/C4H10O.C2H3N/c1-3-5-4-2;1-2-3/h3-4H2,1-2H3;3H,1H2. The van der Waals surface area contributed by atoms with Gasteiger partial charge < -0.3 is 4.74 Å². The van der Waals surface area contributed by atoms with Crippen molar-refractivity contribution in [2.24, 2.45) is 0 Å². The summed E-state index contributed by atoms with van der Waals surface area (Å²) in [6.07, 6.45) is 0. The maximum Gasteiger partial charge on any atom is 0.0437 e. The van der Waals surface area contributed by atoms with Crippen molar-refractivity contribution >= 4 is 5.87 Å². The summed E-state index contributed by atoms with van der Waals surface area (Å²) in [4.78, 5) is 0. The molecule has 0 aliphatic rings. The average Bonchev–Trinajstić information content (AvgIpc) is 1.71. The Bertz CT molecular complexity index is 53.5. The Labute approximate surface area is 50.7 Å². The molecule has 0 rings (SSSR count). The smallest absolute Gasteiger partial charge is 0.0437 e. The van der Waals surface area contributed by atoms with Crippen LogP contribution in [-0.2, 0) is 4.74 Å². The van der Waals surface area contributed by atoms with Crippen molar-refractivity contribution in [2.45, 2.75) is 13.8 Å². The fourth-order valence-corrected chi connectivity index (χ4v) is 0.204. The van der Waals surface area contributed by atoms with Crippen LogP contribution in [0.15, 0.2) is 6.58 Å². The van der Waals surface area contributed by atoms with Gasteiger partial charge in [0.2, 0.25) is 0 Å². The molecule has 0 aromatic rings. The first-order chi connectivity index (χ1) is 3.83. The molecule has 0 saturated heterocycles. The van der Waals surface area contributed by atoms with Gasteiger partial charge in [-0.15, -0.1) is 0 Å². The minimum absolute atomic E-state index is 0.844. The highest BCUT2D eigenvalue weighted by atomic mass is 16.5. The van der Waals surface area contributed by atoms with E-state index in [0.29, 0.717) is 0 Å². The van der Waals surface area contributed by atoms with Gasteiger partial charge in [0.05, 0.1) is 0 Å². The zero-order valence-corrected chi connectivity index (χ0v) is 5.53. The SMILES string of the molecule is C=C=N.CCOCC. The van der Waals surface area contributed by atoms with E-state index in [4.69, 9.17) is 10.1 Å². The summed E-state index contributed by atoms with van der Waals surface area (Å²) >= 11 is 0. The van der Waals surface area contributed by atoms with Gasteiger partial charge in [-0.1, -0.05) is 0 Å². The monoisotopic (exact) mass is 115 g/mol. The van der Waals surface area contributed by atoms with Gasteiger partial charge in [0.1, 0.15) is 0 Å². The van der Waals surface area contributed by atoms with Gasteiger partial charge in [-0.05, 0) is 26.3 Å². The van der Waals surface area contributed by atoms with Crippen LogP contribution in [0.3, 0.4) is 0 Å². The second-order valence-corrected chi connectivity index (χ2v) is 0.958. The largest absolute Gasteiger partial charge is 0.382 e. The van der Waals surface area contributed by atoms with E-state index in [9.17, 15) is 0 Å². The Balaban J connectivity index is 0. The van der Waals surface area contributed by atoms with Crippen LogP contribution in [-0.4, -0.2) is 19.1 Å². The van der Waals surface area contributed by atoms with Crippen molar-refractivity contribution < 1.29 is 4.74 Å². The molecule has 0 aliphatic heterocycles. The van der Waals surface area contributed by atoms with Gasteiger partial charge in [-0.25, -0.2) is 0 Å². The minimum Gasteiger partial charge on any atom is -0.382 e. The molecule has 48 valence electrons. The maximum absolute atomic E-state index is 5.85. The van der Waals surface area contributed by atoms with Crippen LogP contribution < -0.4 is 0 Å². The molecule has 0 spiro atoms. The van der Waals surface area contributed by atoms with E-state index in [1.54, 1.807) is 5.87 Å². The Morgan fingerprint density at radius 3 is 1.75 bits per heavy atom. The Morgan fingerprint density at radius 1 is 1.50 bits per heavy atom. The van der Waals surface area contributed by atoms with Gasteiger partial charge >= 0.3 is 0 Å². The lowest BCUT2D eigenvalue weighted by Crippen LogP contribution is -1.84. The van der Waals surface area contributed by atoms with Crippen LogP contribution >= 0.6 is 0 Å². The highest BCUT2D eigenvalue weighted by Gasteiger charge is 1.64. The Kier molecular flexibility index (Phi) is 21.0. The third kappa shape index (κ3) is 52.9. The molecule has 0 aliphatic carbocycles. The second kappa shape index (κ2) is 16.1. The number of hydrogen-bond acceptors (Lipinski definition) is 2. The van der Waals surface area contributed by atoms with E-state index in [2.05, 4.69) is 6.58 Å². The summed E-state index contributed by atoms with van der Waals surface area (Å²) in [5.41, 5.74) is 0. The summed E-state index contributed by atoms with van der Waals surface area (Å²) in [7, 11) is 0. The molecule has 0 saturated carbocycles. The molecule has 0 aromatic carbocycles. The first-order valence-corrected chi connectivity index (χ1v) is 2.60. The van der Waals surface area contributed by atoms with Crippen molar-refractivity contribution in [3.05, 3.63) is 6.58 Å². The van der Waals surface area contributed by atoms with E-state index >= 15 is 0 Å². The molecule has 0 bridgehead atoms. The van der Waals surface area contributed by atoms with Crippen LogP contribution in [0.4, 0.5) is 0 Å². The molecule has 0 fully saturated rings. The molecular weight excluding hydrogens is 102 g/mol. The summed E-state index contributed by atoms with van der Waals surface area (Å²) < 4.78 is 4.83. The molecule has 2 nitrogen and oxygen atoms in total.